The number of hydrogen-bond donors (Lipinski definition) is 0. The molecule has 0 aliphatic rings. The zero-order chi connectivity index (χ0) is 8.55. The van der Waals surface area contributed by atoms with Crippen LogP contribution in [0.4, 0.5) is 0 Å². The zero-order valence-electron chi connectivity index (χ0n) is 6.98. The first kappa shape index (κ1) is 7.61. The van der Waals surface area contributed by atoms with Gasteiger partial charge in [-0.2, -0.15) is 0 Å². The minimum Gasteiger partial charge on any atom is -0.291 e. The molecule has 0 aliphatic carbocycles. The molecule has 0 bridgehead atoms. The zero-order valence-corrected chi connectivity index (χ0v) is 7.80. The van der Waals surface area contributed by atoms with Crippen LogP contribution in [0.2, 0.25) is 0 Å². The van der Waals surface area contributed by atoms with E-state index in [1.807, 2.05) is 30.0 Å². The lowest BCUT2D eigenvalue weighted by Crippen LogP contribution is -1.90. The van der Waals surface area contributed by atoms with E-state index in [2.05, 4.69) is 9.97 Å². The highest BCUT2D eigenvalue weighted by molar-refractivity contribution is 7.98. The molecule has 0 fully saturated rings. The van der Waals surface area contributed by atoms with Gasteiger partial charge in [-0.15, -0.1) is 0 Å². The highest BCUT2D eigenvalue weighted by Crippen LogP contribution is 2.16. The van der Waals surface area contributed by atoms with E-state index in [1.165, 1.54) is 0 Å². The first-order chi connectivity index (χ1) is 5.83. The van der Waals surface area contributed by atoms with Gasteiger partial charge in [0.05, 0.1) is 17.4 Å². The summed E-state index contributed by atoms with van der Waals surface area (Å²) >= 11 is 1.64. The molecule has 0 atom stereocenters. The number of imidazole rings is 1. The molecule has 0 amide bonds. The number of thioether (sulfide) groups is 1. The summed E-state index contributed by atoms with van der Waals surface area (Å²) in [5.74, 6) is 0. The number of aromatic nitrogens is 3. The second-order valence-corrected chi connectivity index (χ2v) is 3.29. The molecule has 2 rings (SSSR count). The van der Waals surface area contributed by atoms with E-state index in [1.54, 1.807) is 18.0 Å². The van der Waals surface area contributed by atoms with Gasteiger partial charge < -0.3 is 0 Å². The van der Waals surface area contributed by atoms with Crippen LogP contribution in [0.3, 0.4) is 0 Å². The van der Waals surface area contributed by atoms with Crippen molar-refractivity contribution in [2.45, 2.75) is 12.1 Å². The minimum atomic E-state index is 1.01. The number of rotatable bonds is 1. The maximum absolute atomic E-state index is 4.26. The monoisotopic (exact) mass is 179 g/mol. The van der Waals surface area contributed by atoms with Gasteiger partial charge in [-0.25, -0.2) is 4.98 Å². The molecule has 0 radical (unpaired) electrons. The van der Waals surface area contributed by atoms with Crippen molar-refractivity contribution in [3.63, 3.8) is 0 Å². The molecule has 2 heterocycles. The summed E-state index contributed by atoms with van der Waals surface area (Å²) in [5, 5.41) is 1.01. The first-order valence-electron chi connectivity index (χ1n) is 3.65. The Bertz CT molecular complexity index is 408. The predicted octanol–water partition coefficient (Wildman–Crippen LogP) is 1.76. The molecule has 2 aromatic rings. The lowest BCUT2D eigenvalue weighted by Gasteiger charge is -1.97. The highest BCUT2D eigenvalue weighted by atomic mass is 32.2. The molecule has 0 aliphatic heterocycles. The van der Waals surface area contributed by atoms with Crippen LogP contribution in [0.1, 0.15) is 5.69 Å². The van der Waals surface area contributed by atoms with Crippen LogP contribution in [0.25, 0.3) is 5.52 Å². The second-order valence-electron chi connectivity index (χ2n) is 2.51. The van der Waals surface area contributed by atoms with E-state index in [9.17, 15) is 0 Å². The summed E-state index contributed by atoms with van der Waals surface area (Å²) in [4.78, 5) is 8.45. The Morgan fingerprint density at radius 2 is 2.25 bits per heavy atom. The fraction of sp³-hybridized carbons (Fsp3) is 0.250. The van der Waals surface area contributed by atoms with Crippen LogP contribution in [0.15, 0.2) is 23.7 Å². The lowest BCUT2D eigenvalue weighted by molar-refractivity contribution is 0.941. The maximum Gasteiger partial charge on any atom is 0.172 e. The van der Waals surface area contributed by atoms with E-state index in [-0.39, 0.29) is 0 Å². The van der Waals surface area contributed by atoms with Crippen LogP contribution >= 0.6 is 11.8 Å². The number of fused-ring (bicyclic) bond motifs is 1. The van der Waals surface area contributed by atoms with Gasteiger partial charge in [0.1, 0.15) is 0 Å². The molecule has 3 nitrogen and oxygen atoms in total. The van der Waals surface area contributed by atoms with Crippen molar-refractivity contribution in [1.82, 2.24) is 14.4 Å². The summed E-state index contributed by atoms with van der Waals surface area (Å²) in [7, 11) is 0. The fourth-order valence-corrected chi connectivity index (χ4v) is 1.70. The Kier molecular flexibility index (Phi) is 1.77. The smallest absolute Gasteiger partial charge is 0.172 e. The van der Waals surface area contributed by atoms with Crippen molar-refractivity contribution in [3.05, 3.63) is 24.3 Å². The molecule has 0 N–H and O–H groups in total. The molecule has 4 heteroatoms. The van der Waals surface area contributed by atoms with Gasteiger partial charge in [0.2, 0.25) is 0 Å². The summed E-state index contributed by atoms with van der Waals surface area (Å²) in [5.41, 5.74) is 2.10. The molecule has 0 aromatic carbocycles. The quantitative estimate of drug-likeness (QED) is 0.625. The Labute approximate surface area is 74.8 Å². The molecular formula is C8H9N3S. The van der Waals surface area contributed by atoms with Crippen molar-refractivity contribution >= 4 is 17.3 Å². The molecule has 12 heavy (non-hydrogen) atoms. The van der Waals surface area contributed by atoms with E-state index >= 15 is 0 Å². The first-order valence-corrected chi connectivity index (χ1v) is 4.88. The summed E-state index contributed by atoms with van der Waals surface area (Å²) in [6.45, 7) is 1.99. The van der Waals surface area contributed by atoms with E-state index in [0.717, 1.165) is 16.4 Å². The minimum absolute atomic E-state index is 1.01. The average molecular weight is 179 g/mol. The van der Waals surface area contributed by atoms with Crippen LogP contribution in [-0.4, -0.2) is 20.6 Å². The second kappa shape index (κ2) is 2.79. The van der Waals surface area contributed by atoms with E-state index in [0.29, 0.717) is 0 Å². The molecule has 62 valence electrons. The topological polar surface area (TPSA) is 30.2 Å². The average Bonchev–Trinajstić information content (AvgIpc) is 2.49. The van der Waals surface area contributed by atoms with E-state index < -0.39 is 0 Å². The molecule has 0 unspecified atom stereocenters. The van der Waals surface area contributed by atoms with Crippen molar-refractivity contribution < 1.29 is 0 Å². The molecule has 0 saturated heterocycles. The van der Waals surface area contributed by atoms with Gasteiger partial charge in [0.25, 0.3) is 0 Å². The van der Waals surface area contributed by atoms with Crippen molar-refractivity contribution in [1.29, 1.82) is 0 Å². The van der Waals surface area contributed by atoms with Gasteiger partial charge in [0, 0.05) is 12.4 Å². The predicted molar refractivity (Wildman–Crippen MR) is 49.5 cm³/mol. The Morgan fingerprint density at radius 3 is 3.00 bits per heavy atom. The third-order valence-corrected chi connectivity index (χ3v) is 2.47. The van der Waals surface area contributed by atoms with Crippen LogP contribution < -0.4 is 0 Å². The van der Waals surface area contributed by atoms with Crippen molar-refractivity contribution in [3.8, 4) is 0 Å². The van der Waals surface area contributed by atoms with Crippen LogP contribution in [0, 0.1) is 6.92 Å². The normalized spacial score (nSPS) is 10.8. The van der Waals surface area contributed by atoms with Gasteiger partial charge in [0.15, 0.2) is 5.16 Å². The summed E-state index contributed by atoms with van der Waals surface area (Å²) in [6, 6.07) is 0. The molecule has 0 saturated carbocycles. The number of nitrogens with zero attached hydrogens (tertiary/aromatic N) is 3. The number of hydrogen-bond acceptors (Lipinski definition) is 3. The largest absolute Gasteiger partial charge is 0.291 e. The van der Waals surface area contributed by atoms with Gasteiger partial charge >= 0.3 is 0 Å². The van der Waals surface area contributed by atoms with Crippen LogP contribution in [0.5, 0.6) is 0 Å². The lowest BCUT2D eigenvalue weighted by atomic mass is 10.4. The highest BCUT2D eigenvalue weighted by Gasteiger charge is 2.02. The fourth-order valence-electron chi connectivity index (χ4n) is 1.18. The van der Waals surface area contributed by atoms with Gasteiger partial charge in [-0.3, -0.25) is 9.38 Å². The third-order valence-electron chi connectivity index (χ3n) is 1.80. The summed E-state index contributed by atoms with van der Waals surface area (Å²) < 4.78 is 2.05. The maximum atomic E-state index is 4.26. The molecular weight excluding hydrogens is 170 g/mol. The van der Waals surface area contributed by atoms with E-state index in [4.69, 9.17) is 0 Å². The van der Waals surface area contributed by atoms with Crippen molar-refractivity contribution in [2.24, 2.45) is 0 Å². The number of aryl methyl sites for hydroxylation is 1. The standard InChI is InChI=1S/C8H9N3S/c1-6-7-5-10-8(12-2)11(7)4-3-9-6/h3-5H,1-2H3. The Balaban J connectivity index is 2.80. The Hall–Kier alpha value is -1.03. The van der Waals surface area contributed by atoms with Crippen LogP contribution in [-0.2, 0) is 0 Å². The Morgan fingerprint density at radius 1 is 1.42 bits per heavy atom. The SMILES string of the molecule is CSc1ncc2c(C)nccn12. The summed E-state index contributed by atoms with van der Waals surface area (Å²) in [6.07, 6.45) is 7.60. The molecule has 2 aromatic heterocycles. The van der Waals surface area contributed by atoms with Gasteiger partial charge in [-0.1, -0.05) is 11.8 Å². The third kappa shape index (κ3) is 0.992. The van der Waals surface area contributed by atoms with Crippen molar-refractivity contribution in [2.75, 3.05) is 6.26 Å². The van der Waals surface area contributed by atoms with Gasteiger partial charge in [-0.05, 0) is 13.2 Å². The molecule has 0 spiro atoms.